The van der Waals surface area contributed by atoms with Crippen molar-refractivity contribution in [2.75, 3.05) is 18.0 Å². The molecular weight excluding hydrogens is 234 g/mol. The maximum absolute atomic E-state index is 7.63. The first-order chi connectivity index (χ1) is 7.97. The zero-order chi connectivity index (χ0) is 13.0. The summed E-state index contributed by atoms with van der Waals surface area (Å²) in [4.78, 5) is 2.20. The van der Waals surface area contributed by atoms with Gasteiger partial charge in [-0.2, -0.15) is 0 Å². The van der Waals surface area contributed by atoms with E-state index in [-0.39, 0.29) is 5.84 Å². The topological polar surface area (TPSA) is 53.1 Å². The van der Waals surface area contributed by atoms with Gasteiger partial charge in [0, 0.05) is 18.8 Å². The third-order valence-electron chi connectivity index (χ3n) is 2.57. The molecule has 0 radical (unpaired) electrons. The van der Waals surface area contributed by atoms with Crippen LogP contribution in [0.3, 0.4) is 0 Å². The Kier molecular flexibility index (Phi) is 4.82. The molecule has 3 nitrogen and oxygen atoms in total. The van der Waals surface area contributed by atoms with Gasteiger partial charge >= 0.3 is 0 Å². The third kappa shape index (κ3) is 3.37. The molecule has 0 aromatic heterocycles. The van der Waals surface area contributed by atoms with Crippen LogP contribution in [-0.4, -0.2) is 18.9 Å². The lowest BCUT2D eigenvalue weighted by atomic mass is 10.1. The Bertz CT molecular complexity index is 402. The standard InChI is InChI=1S/C13H20ClN3/c1-4-17(8-9(2)3)11-7-5-6-10(14)12(11)13(15)16/h5-7,9H,4,8H2,1-3H3,(H3,15,16). The number of nitrogens with one attached hydrogen (secondary N) is 1. The van der Waals surface area contributed by atoms with E-state index in [0.717, 1.165) is 18.8 Å². The number of nitrogen functional groups attached to an aromatic ring is 1. The predicted molar refractivity (Wildman–Crippen MR) is 75.2 cm³/mol. The Morgan fingerprint density at radius 1 is 1.47 bits per heavy atom. The molecule has 1 aromatic rings. The minimum atomic E-state index is 0.0211. The van der Waals surface area contributed by atoms with Crippen molar-refractivity contribution in [2.24, 2.45) is 11.7 Å². The highest BCUT2D eigenvalue weighted by Gasteiger charge is 2.15. The van der Waals surface area contributed by atoms with E-state index in [4.69, 9.17) is 22.7 Å². The zero-order valence-electron chi connectivity index (χ0n) is 10.6. The molecule has 0 saturated carbocycles. The number of benzene rings is 1. The normalized spacial score (nSPS) is 10.6. The van der Waals surface area contributed by atoms with Gasteiger partial charge in [-0.1, -0.05) is 31.5 Å². The number of amidine groups is 1. The summed E-state index contributed by atoms with van der Waals surface area (Å²) in [5.41, 5.74) is 7.19. The molecule has 0 unspecified atom stereocenters. The Morgan fingerprint density at radius 3 is 2.59 bits per heavy atom. The molecule has 0 saturated heterocycles. The molecule has 94 valence electrons. The maximum atomic E-state index is 7.63. The lowest BCUT2D eigenvalue weighted by Gasteiger charge is -2.27. The molecule has 1 aromatic carbocycles. The average Bonchev–Trinajstić information content (AvgIpc) is 2.24. The summed E-state index contributed by atoms with van der Waals surface area (Å²) < 4.78 is 0. The Morgan fingerprint density at radius 2 is 2.12 bits per heavy atom. The molecule has 3 N–H and O–H groups in total. The van der Waals surface area contributed by atoms with E-state index in [1.165, 1.54) is 0 Å². The summed E-state index contributed by atoms with van der Waals surface area (Å²) in [6.07, 6.45) is 0. The van der Waals surface area contributed by atoms with Gasteiger partial charge in [0.1, 0.15) is 5.84 Å². The van der Waals surface area contributed by atoms with Crippen molar-refractivity contribution < 1.29 is 0 Å². The zero-order valence-corrected chi connectivity index (χ0v) is 11.4. The van der Waals surface area contributed by atoms with E-state index in [1.54, 1.807) is 6.07 Å². The van der Waals surface area contributed by atoms with Gasteiger partial charge in [-0.3, -0.25) is 5.41 Å². The Hall–Kier alpha value is -1.22. The molecule has 0 amide bonds. The Labute approximate surface area is 108 Å². The van der Waals surface area contributed by atoms with Crippen LogP contribution < -0.4 is 10.6 Å². The van der Waals surface area contributed by atoms with Gasteiger partial charge in [0.25, 0.3) is 0 Å². The van der Waals surface area contributed by atoms with Crippen molar-refractivity contribution in [3.05, 3.63) is 28.8 Å². The van der Waals surface area contributed by atoms with Crippen molar-refractivity contribution in [3.63, 3.8) is 0 Å². The molecule has 0 fully saturated rings. The first-order valence-electron chi connectivity index (χ1n) is 5.85. The molecule has 17 heavy (non-hydrogen) atoms. The summed E-state index contributed by atoms with van der Waals surface area (Å²) >= 11 is 6.11. The molecule has 4 heteroatoms. The minimum absolute atomic E-state index is 0.0211. The van der Waals surface area contributed by atoms with E-state index in [1.807, 2.05) is 12.1 Å². The van der Waals surface area contributed by atoms with Gasteiger partial charge in [-0.05, 0) is 25.0 Å². The van der Waals surface area contributed by atoms with Crippen LogP contribution in [0.15, 0.2) is 18.2 Å². The summed E-state index contributed by atoms with van der Waals surface area (Å²) in [6, 6.07) is 5.63. The van der Waals surface area contributed by atoms with E-state index in [0.29, 0.717) is 16.5 Å². The Balaban J connectivity index is 3.18. The monoisotopic (exact) mass is 253 g/mol. The summed E-state index contributed by atoms with van der Waals surface area (Å²) in [7, 11) is 0. The molecule has 0 aliphatic carbocycles. The second-order valence-corrected chi connectivity index (χ2v) is 4.89. The fourth-order valence-electron chi connectivity index (χ4n) is 1.88. The summed E-state index contributed by atoms with van der Waals surface area (Å²) in [6.45, 7) is 8.23. The number of halogens is 1. The minimum Gasteiger partial charge on any atom is -0.384 e. The van der Waals surface area contributed by atoms with E-state index in [2.05, 4.69) is 25.7 Å². The quantitative estimate of drug-likeness (QED) is 0.626. The maximum Gasteiger partial charge on any atom is 0.126 e. The van der Waals surface area contributed by atoms with Gasteiger partial charge in [0.05, 0.1) is 10.6 Å². The highest BCUT2D eigenvalue weighted by molar-refractivity contribution is 6.34. The number of nitrogens with zero attached hydrogens (tertiary/aromatic N) is 1. The largest absolute Gasteiger partial charge is 0.384 e. The second-order valence-electron chi connectivity index (χ2n) is 4.48. The van der Waals surface area contributed by atoms with Crippen molar-refractivity contribution in [3.8, 4) is 0 Å². The number of hydrogen-bond donors (Lipinski definition) is 2. The van der Waals surface area contributed by atoms with Gasteiger partial charge in [-0.15, -0.1) is 0 Å². The number of anilines is 1. The highest BCUT2D eigenvalue weighted by Crippen LogP contribution is 2.27. The predicted octanol–water partition coefficient (Wildman–Crippen LogP) is 3.11. The fourth-order valence-corrected chi connectivity index (χ4v) is 2.15. The van der Waals surface area contributed by atoms with Gasteiger partial charge in [0.15, 0.2) is 0 Å². The molecule has 0 aliphatic heterocycles. The molecule has 0 atom stereocenters. The van der Waals surface area contributed by atoms with Crippen LogP contribution in [-0.2, 0) is 0 Å². The van der Waals surface area contributed by atoms with Gasteiger partial charge in [-0.25, -0.2) is 0 Å². The van der Waals surface area contributed by atoms with Crippen LogP contribution in [0, 0.1) is 11.3 Å². The first-order valence-corrected chi connectivity index (χ1v) is 6.23. The van der Waals surface area contributed by atoms with Crippen LogP contribution in [0.2, 0.25) is 5.02 Å². The van der Waals surface area contributed by atoms with Crippen molar-refractivity contribution >= 4 is 23.1 Å². The SMILES string of the molecule is CCN(CC(C)C)c1cccc(Cl)c1C(=N)N. The molecule has 0 heterocycles. The first kappa shape index (κ1) is 13.8. The third-order valence-corrected chi connectivity index (χ3v) is 2.88. The smallest absolute Gasteiger partial charge is 0.126 e. The van der Waals surface area contributed by atoms with E-state index < -0.39 is 0 Å². The summed E-state index contributed by atoms with van der Waals surface area (Å²) in [5, 5.41) is 8.17. The number of nitrogens with two attached hydrogens (primary N) is 1. The van der Waals surface area contributed by atoms with Gasteiger partial charge in [0.2, 0.25) is 0 Å². The molecule has 1 rings (SSSR count). The van der Waals surface area contributed by atoms with E-state index in [9.17, 15) is 0 Å². The molecule has 0 bridgehead atoms. The van der Waals surface area contributed by atoms with Crippen molar-refractivity contribution in [1.29, 1.82) is 5.41 Å². The molecule has 0 spiro atoms. The van der Waals surface area contributed by atoms with Crippen LogP contribution >= 0.6 is 11.6 Å². The van der Waals surface area contributed by atoms with Crippen LogP contribution in [0.4, 0.5) is 5.69 Å². The fraction of sp³-hybridized carbons (Fsp3) is 0.462. The van der Waals surface area contributed by atoms with Gasteiger partial charge < -0.3 is 10.6 Å². The van der Waals surface area contributed by atoms with Crippen molar-refractivity contribution in [1.82, 2.24) is 0 Å². The average molecular weight is 254 g/mol. The molecule has 0 aliphatic rings. The lowest BCUT2D eigenvalue weighted by Crippen LogP contribution is -2.30. The van der Waals surface area contributed by atoms with Crippen LogP contribution in [0.1, 0.15) is 26.3 Å². The summed E-state index contributed by atoms with van der Waals surface area (Å²) in [5.74, 6) is 0.571. The lowest BCUT2D eigenvalue weighted by molar-refractivity contribution is 0.618. The van der Waals surface area contributed by atoms with Crippen LogP contribution in [0.25, 0.3) is 0 Å². The number of rotatable bonds is 5. The molecular formula is C13H20ClN3. The van der Waals surface area contributed by atoms with Crippen LogP contribution in [0.5, 0.6) is 0 Å². The number of hydrogen-bond acceptors (Lipinski definition) is 2. The highest BCUT2D eigenvalue weighted by atomic mass is 35.5. The second kappa shape index (κ2) is 5.92. The van der Waals surface area contributed by atoms with Crippen molar-refractivity contribution in [2.45, 2.75) is 20.8 Å². The van der Waals surface area contributed by atoms with E-state index >= 15 is 0 Å².